The zero-order chi connectivity index (χ0) is 14.4. The molecule has 2 aromatic carbocycles. The molecule has 4 rings (SSSR count). The van der Waals surface area contributed by atoms with Gasteiger partial charge in [-0.1, -0.05) is 24.3 Å². The van der Waals surface area contributed by atoms with Crippen molar-refractivity contribution in [3.63, 3.8) is 0 Å². The van der Waals surface area contributed by atoms with Gasteiger partial charge in [-0.15, -0.1) is 0 Å². The Labute approximate surface area is 121 Å². The molecule has 0 radical (unpaired) electrons. The van der Waals surface area contributed by atoms with E-state index in [0.717, 1.165) is 22.0 Å². The van der Waals surface area contributed by atoms with Crippen LogP contribution in [0.3, 0.4) is 0 Å². The van der Waals surface area contributed by atoms with E-state index in [0.29, 0.717) is 18.8 Å². The van der Waals surface area contributed by atoms with Crippen LogP contribution in [0.25, 0.3) is 10.8 Å². The van der Waals surface area contributed by atoms with Crippen LogP contribution in [0.5, 0.6) is 0 Å². The Morgan fingerprint density at radius 3 is 2.67 bits per heavy atom. The number of nitrogens with zero attached hydrogens (tertiary/aromatic N) is 3. The fourth-order valence-corrected chi connectivity index (χ4v) is 2.91. The lowest BCUT2D eigenvalue weighted by molar-refractivity contribution is 0.0992. The summed E-state index contributed by atoms with van der Waals surface area (Å²) in [5.74, 6) is 0.0573. The summed E-state index contributed by atoms with van der Waals surface area (Å²) in [5.41, 5.74) is 8.05. The highest BCUT2D eigenvalue weighted by atomic mass is 16.2. The average molecular weight is 278 g/mol. The minimum atomic E-state index is 0.0573. The molecule has 3 aromatic rings. The number of anilines is 2. The Morgan fingerprint density at radius 2 is 1.90 bits per heavy atom. The van der Waals surface area contributed by atoms with Crippen LogP contribution in [0.2, 0.25) is 0 Å². The molecule has 1 amide bonds. The lowest BCUT2D eigenvalue weighted by atomic mass is 10.1. The number of carbonyl (C=O) groups is 1. The fourth-order valence-electron chi connectivity index (χ4n) is 2.91. The van der Waals surface area contributed by atoms with Crippen LogP contribution in [0.15, 0.2) is 48.8 Å². The van der Waals surface area contributed by atoms with Crippen molar-refractivity contribution in [2.45, 2.75) is 6.54 Å². The summed E-state index contributed by atoms with van der Waals surface area (Å²) in [5, 5.41) is 6.30. The van der Waals surface area contributed by atoms with Crippen molar-refractivity contribution in [1.82, 2.24) is 9.78 Å². The van der Waals surface area contributed by atoms with Gasteiger partial charge in [0.2, 0.25) is 0 Å². The lowest BCUT2D eigenvalue weighted by Gasteiger charge is -2.17. The van der Waals surface area contributed by atoms with Gasteiger partial charge >= 0.3 is 0 Å². The first-order valence-corrected chi connectivity index (χ1v) is 6.85. The summed E-state index contributed by atoms with van der Waals surface area (Å²) in [6.07, 6.45) is 3.38. The normalized spacial score (nSPS) is 13.3. The van der Waals surface area contributed by atoms with Gasteiger partial charge in [0.1, 0.15) is 0 Å². The molecule has 2 N–H and O–H groups in total. The molecule has 1 aliphatic heterocycles. The first kappa shape index (κ1) is 12.0. The third-order valence-corrected chi connectivity index (χ3v) is 3.85. The van der Waals surface area contributed by atoms with Crippen molar-refractivity contribution in [3.8, 4) is 0 Å². The van der Waals surface area contributed by atoms with Gasteiger partial charge in [0.05, 0.1) is 24.1 Å². The van der Waals surface area contributed by atoms with E-state index in [1.807, 2.05) is 41.3 Å². The van der Waals surface area contributed by atoms with Crippen LogP contribution in [0, 0.1) is 0 Å². The molecule has 2 heterocycles. The quantitative estimate of drug-likeness (QED) is 0.799. The van der Waals surface area contributed by atoms with E-state index >= 15 is 0 Å². The molecule has 21 heavy (non-hydrogen) atoms. The number of hydrogen-bond acceptors (Lipinski definition) is 3. The lowest BCUT2D eigenvalue weighted by Crippen LogP contribution is -2.30. The maximum Gasteiger partial charge on any atom is 0.259 e. The standard InChI is InChI=1S/C16H14N4O/c17-12-9-18-19(10-12)7-8-20-14-6-2-4-11-3-1-5-13(15(11)14)16(20)21/h1-6,9-10H,7-8,17H2. The molecular weight excluding hydrogens is 264 g/mol. The van der Waals surface area contributed by atoms with Crippen molar-refractivity contribution in [2.24, 2.45) is 0 Å². The van der Waals surface area contributed by atoms with Crippen LogP contribution in [0.4, 0.5) is 11.4 Å². The summed E-state index contributed by atoms with van der Waals surface area (Å²) in [6, 6.07) is 11.9. The number of rotatable bonds is 3. The molecule has 1 aromatic heterocycles. The van der Waals surface area contributed by atoms with Gasteiger partial charge in [0.15, 0.2) is 0 Å². The Hall–Kier alpha value is -2.82. The Kier molecular flexibility index (Phi) is 2.47. The number of nitrogen functional groups attached to an aromatic ring is 1. The van der Waals surface area contributed by atoms with Crippen LogP contribution in [0.1, 0.15) is 10.4 Å². The monoisotopic (exact) mass is 278 g/mol. The molecule has 0 bridgehead atoms. The first-order chi connectivity index (χ1) is 10.2. The van der Waals surface area contributed by atoms with E-state index in [1.165, 1.54) is 0 Å². The van der Waals surface area contributed by atoms with Crippen molar-refractivity contribution < 1.29 is 4.79 Å². The highest BCUT2D eigenvalue weighted by molar-refractivity contribution is 6.24. The summed E-state index contributed by atoms with van der Waals surface area (Å²) in [6.45, 7) is 1.20. The maximum atomic E-state index is 12.6. The second kappa shape index (κ2) is 4.34. The molecule has 0 saturated heterocycles. The van der Waals surface area contributed by atoms with E-state index < -0.39 is 0 Å². The number of aromatic nitrogens is 2. The molecule has 1 aliphatic rings. The van der Waals surface area contributed by atoms with Gasteiger partial charge in [-0.05, 0) is 17.5 Å². The van der Waals surface area contributed by atoms with Gasteiger partial charge in [0, 0.05) is 23.7 Å². The van der Waals surface area contributed by atoms with E-state index in [4.69, 9.17) is 5.73 Å². The second-order valence-electron chi connectivity index (χ2n) is 5.17. The maximum absolute atomic E-state index is 12.6. The minimum Gasteiger partial charge on any atom is -0.396 e. The fraction of sp³-hybridized carbons (Fsp3) is 0.125. The number of hydrogen-bond donors (Lipinski definition) is 1. The number of nitrogens with two attached hydrogens (primary N) is 1. The molecule has 0 fully saturated rings. The zero-order valence-corrected chi connectivity index (χ0v) is 11.4. The molecule has 104 valence electrons. The van der Waals surface area contributed by atoms with Gasteiger partial charge in [0.25, 0.3) is 5.91 Å². The summed E-state index contributed by atoms with van der Waals surface area (Å²) < 4.78 is 1.76. The largest absolute Gasteiger partial charge is 0.396 e. The van der Waals surface area contributed by atoms with Gasteiger partial charge in [-0.2, -0.15) is 5.10 Å². The van der Waals surface area contributed by atoms with Gasteiger partial charge in [-0.25, -0.2) is 0 Å². The second-order valence-corrected chi connectivity index (χ2v) is 5.17. The highest BCUT2D eigenvalue weighted by Gasteiger charge is 2.28. The molecule has 0 unspecified atom stereocenters. The average Bonchev–Trinajstić information content (AvgIpc) is 3.02. The van der Waals surface area contributed by atoms with Crippen LogP contribution in [-0.2, 0) is 6.54 Å². The predicted molar refractivity (Wildman–Crippen MR) is 82.3 cm³/mol. The molecule has 5 heteroatoms. The predicted octanol–water partition coefficient (Wildman–Crippen LogP) is 2.28. The zero-order valence-electron chi connectivity index (χ0n) is 11.4. The molecule has 0 saturated carbocycles. The summed E-state index contributed by atoms with van der Waals surface area (Å²) in [4.78, 5) is 14.4. The van der Waals surface area contributed by atoms with E-state index in [1.54, 1.807) is 17.1 Å². The van der Waals surface area contributed by atoms with Crippen molar-refractivity contribution in [1.29, 1.82) is 0 Å². The molecular formula is C16H14N4O. The van der Waals surface area contributed by atoms with Crippen molar-refractivity contribution in [3.05, 3.63) is 54.4 Å². The molecule has 5 nitrogen and oxygen atoms in total. The number of amides is 1. The van der Waals surface area contributed by atoms with Crippen LogP contribution >= 0.6 is 0 Å². The van der Waals surface area contributed by atoms with Crippen LogP contribution < -0.4 is 10.6 Å². The SMILES string of the molecule is Nc1cnn(CCN2C(=O)c3cccc4cccc2c34)c1. The Balaban J connectivity index is 1.69. The Bertz CT molecular complexity index is 847. The third-order valence-electron chi connectivity index (χ3n) is 3.85. The Morgan fingerprint density at radius 1 is 1.10 bits per heavy atom. The third kappa shape index (κ3) is 1.78. The number of carbonyl (C=O) groups excluding carboxylic acids is 1. The van der Waals surface area contributed by atoms with Gasteiger partial charge < -0.3 is 10.6 Å². The first-order valence-electron chi connectivity index (χ1n) is 6.85. The van der Waals surface area contributed by atoms with Gasteiger partial charge in [-0.3, -0.25) is 9.48 Å². The molecule has 0 spiro atoms. The topological polar surface area (TPSA) is 64.2 Å². The summed E-state index contributed by atoms with van der Waals surface area (Å²) >= 11 is 0. The van der Waals surface area contributed by atoms with Crippen molar-refractivity contribution in [2.75, 3.05) is 17.2 Å². The highest BCUT2D eigenvalue weighted by Crippen LogP contribution is 2.36. The smallest absolute Gasteiger partial charge is 0.259 e. The van der Waals surface area contributed by atoms with Crippen molar-refractivity contribution >= 4 is 28.1 Å². The van der Waals surface area contributed by atoms with E-state index in [9.17, 15) is 4.79 Å². The molecule has 0 atom stereocenters. The van der Waals surface area contributed by atoms with Crippen LogP contribution in [-0.4, -0.2) is 22.2 Å². The number of benzene rings is 2. The van der Waals surface area contributed by atoms with E-state index in [2.05, 4.69) is 5.10 Å². The van der Waals surface area contributed by atoms with E-state index in [-0.39, 0.29) is 5.91 Å². The molecule has 0 aliphatic carbocycles. The summed E-state index contributed by atoms with van der Waals surface area (Å²) in [7, 11) is 0. The minimum absolute atomic E-state index is 0.0573.